The molecule has 2 N–H and O–H groups in total. The number of hydrogen-bond acceptors (Lipinski definition) is 4. The maximum Gasteiger partial charge on any atom is 0.303 e. The number of amides is 1. The van der Waals surface area contributed by atoms with Crippen molar-refractivity contribution in [3.05, 3.63) is 72.3 Å². The van der Waals surface area contributed by atoms with Crippen LogP contribution in [0.2, 0.25) is 0 Å². The molecule has 2 atom stereocenters. The van der Waals surface area contributed by atoms with Gasteiger partial charge in [-0.3, -0.25) is 9.59 Å². The van der Waals surface area contributed by atoms with Gasteiger partial charge in [-0.1, -0.05) is 55.3 Å². The summed E-state index contributed by atoms with van der Waals surface area (Å²) in [5.41, 5.74) is 2.87. The van der Waals surface area contributed by atoms with Gasteiger partial charge in [0.2, 0.25) is 5.91 Å². The molecular formula is C27H34N2O4. The third-order valence-electron chi connectivity index (χ3n) is 6.17. The average Bonchev–Trinajstić information content (AvgIpc) is 3.18. The van der Waals surface area contributed by atoms with Crippen molar-refractivity contribution in [2.45, 2.75) is 57.1 Å². The Bertz CT molecular complexity index is 944. The molecule has 1 amide bonds. The molecule has 0 bridgehead atoms. The summed E-state index contributed by atoms with van der Waals surface area (Å²) in [5, 5.41) is 19.5. The minimum absolute atomic E-state index is 0.00125. The number of carbonyl (C=O) groups excluding carboxylic acids is 1. The third-order valence-corrected chi connectivity index (χ3v) is 6.17. The molecule has 0 aromatic heterocycles. The number of aliphatic hydroxyl groups is 1. The van der Waals surface area contributed by atoms with Crippen molar-refractivity contribution in [3.63, 3.8) is 0 Å². The minimum Gasteiger partial charge on any atom is -0.481 e. The van der Waals surface area contributed by atoms with Crippen molar-refractivity contribution < 1.29 is 19.8 Å². The number of benzene rings is 2. The molecule has 0 radical (unpaired) electrons. The van der Waals surface area contributed by atoms with Crippen LogP contribution in [0.25, 0.3) is 0 Å². The summed E-state index contributed by atoms with van der Waals surface area (Å²) in [4.78, 5) is 26.9. The zero-order valence-electron chi connectivity index (χ0n) is 19.3. The van der Waals surface area contributed by atoms with Gasteiger partial charge in [-0.25, -0.2) is 0 Å². The second kappa shape index (κ2) is 12.2. The molecule has 3 rings (SSSR count). The molecule has 2 aromatic rings. The van der Waals surface area contributed by atoms with Gasteiger partial charge in [-0.2, -0.15) is 0 Å². The maximum atomic E-state index is 12.3. The highest BCUT2D eigenvalue weighted by atomic mass is 16.4. The summed E-state index contributed by atoms with van der Waals surface area (Å²) in [6.45, 7) is 0.675. The summed E-state index contributed by atoms with van der Waals surface area (Å²) < 4.78 is 0. The van der Waals surface area contributed by atoms with Crippen molar-refractivity contribution in [1.29, 1.82) is 0 Å². The van der Waals surface area contributed by atoms with Crippen LogP contribution >= 0.6 is 0 Å². The lowest BCUT2D eigenvalue weighted by atomic mass is 10.1. The second-order valence-corrected chi connectivity index (χ2v) is 8.57. The standard InChI is InChI=1S/C27H34N2O4/c1-28(22-11-5-4-6-12-22)24-13-9-10-21(20-24)25(30)17-15-23-16-18-26(31)29(23)19-8-3-2-7-14-27(32)33/h4-6,9-13,15,17,20,23,25,30H,2-3,7-8,14,16,18-19H2,1H3,(H,32,33)/b17-15+/t23-,25?/m0/s1. The fourth-order valence-corrected chi connectivity index (χ4v) is 4.22. The first-order valence-electron chi connectivity index (χ1n) is 11.7. The number of carboxylic acid groups (broad SMARTS) is 1. The number of unbranched alkanes of at least 4 members (excludes halogenated alkanes) is 3. The van der Waals surface area contributed by atoms with Gasteiger partial charge in [-0.05, 0) is 49.1 Å². The number of aliphatic carboxylic acids is 1. The van der Waals surface area contributed by atoms with Crippen molar-refractivity contribution in [2.75, 3.05) is 18.5 Å². The molecule has 2 aromatic carbocycles. The number of hydrogen-bond donors (Lipinski definition) is 2. The molecule has 6 nitrogen and oxygen atoms in total. The quantitative estimate of drug-likeness (QED) is 0.349. The molecule has 0 saturated carbocycles. The summed E-state index contributed by atoms with van der Waals surface area (Å²) in [5.74, 6) is -0.609. The van der Waals surface area contributed by atoms with E-state index in [9.17, 15) is 14.7 Å². The van der Waals surface area contributed by atoms with Gasteiger partial charge in [0.05, 0.1) is 12.1 Å². The molecule has 176 valence electrons. The number of likely N-dealkylation sites (tertiary alicyclic amines) is 1. The van der Waals surface area contributed by atoms with E-state index in [4.69, 9.17) is 5.11 Å². The van der Waals surface area contributed by atoms with Crippen LogP contribution in [0.4, 0.5) is 11.4 Å². The van der Waals surface area contributed by atoms with E-state index in [1.807, 2.05) is 72.6 Å². The van der Waals surface area contributed by atoms with E-state index in [1.54, 1.807) is 6.08 Å². The Kier molecular flexibility index (Phi) is 9.07. The van der Waals surface area contributed by atoms with Crippen LogP contribution in [0.3, 0.4) is 0 Å². The Morgan fingerprint density at radius 3 is 2.58 bits per heavy atom. The lowest BCUT2D eigenvalue weighted by molar-refractivity contribution is -0.137. The van der Waals surface area contributed by atoms with Crippen LogP contribution in [0.15, 0.2) is 66.7 Å². The molecule has 0 aliphatic carbocycles. The van der Waals surface area contributed by atoms with E-state index in [2.05, 4.69) is 4.90 Å². The van der Waals surface area contributed by atoms with Crippen molar-refractivity contribution in [1.82, 2.24) is 4.90 Å². The predicted octanol–water partition coefficient (Wildman–Crippen LogP) is 5.07. The molecular weight excluding hydrogens is 416 g/mol. The summed E-state index contributed by atoms with van der Waals surface area (Å²) in [6, 6.07) is 17.9. The van der Waals surface area contributed by atoms with Gasteiger partial charge in [0.25, 0.3) is 0 Å². The first-order valence-corrected chi connectivity index (χ1v) is 11.7. The van der Waals surface area contributed by atoms with Crippen LogP contribution in [0.5, 0.6) is 0 Å². The van der Waals surface area contributed by atoms with Crippen LogP contribution < -0.4 is 4.90 Å². The predicted molar refractivity (Wildman–Crippen MR) is 131 cm³/mol. The third kappa shape index (κ3) is 7.19. The molecule has 1 aliphatic heterocycles. The Morgan fingerprint density at radius 1 is 1.09 bits per heavy atom. The van der Waals surface area contributed by atoms with E-state index < -0.39 is 12.1 Å². The van der Waals surface area contributed by atoms with Crippen LogP contribution in [-0.4, -0.2) is 46.6 Å². The smallest absolute Gasteiger partial charge is 0.303 e. The van der Waals surface area contributed by atoms with Gasteiger partial charge in [0.1, 0.15) is 0 Å². The van der Waals surface area contributed by atoms with Gasteiger partial charge < -0.3 is 20.0 Å². The number of rotatable bonds is 12. The van der Waals surface area contributed by atoms with Gasteiger partial charge >= 0.3 is 5.97 Å². The minimum atomic E-state index is -0.759. The van der Waals surface area contributed by atoms with E-state index in [0.717, 1.165) is 42.6 Å². The molecule has 1 heterocycles. The largest absolute Gasteiger partial charge is 0.481 e. The molecule has 6 heteroatoms. The number of aliphatic hydroxyl groups excluding tert-OH is 1. The van der Waals surface area contributed by atoms with E-state index in [0.29, 0.717) is 19.4 Å². The number of carbonyl (C=O) groups is 2. The Hall–Kier alpha value is -3.12. The molecule has 1 aliphatic rings. The zero-order valence-corrected chi connectivity index (χ0v) is 19.3. The monoisotopic (exact) mass is 450 g/mol. The summed E-state index contributed by atoms with van der Waals surface area (Å²) >= 11 is 0. The molecule has 1 saturated heterocycles. The molecule has 1 unspecified atom stereocenters. The lowest BCUT2D eigenvalue weighted by Crippen LogP contribution is -2.32. The molecule has 0 spiro atoms. The average molecular weight is 451 g/mol. The first kappa shape index (κ1) is 24.5. The zero-order chi connectivity index (χ0) is 23.6. The van der Waals surface area contributed by atoms with Gasteiger partial charge in [0.15, 0.2) is 0 Å². The Labute approximate surface area is 196 Å². The summed E-state index contributed by atoms with van der Waals surface area (Å²) in [6.07, 6.45) is 7.80. The van der Waals surface area contributed by atoms with Crippen LogP contribution in [-0.2, 0) is 9.59 Å². The SMILES string of the molecule is CN(c1ccccc1)c1cccc(C(O)/C=C/[C@H]2CCC(=O)N2CCCCCCC(=O)O)c1. The topological polar surface area (TPSA) is 81.1 Å². The Morgan fingerprint density at radius 2 is 1.82 bits per heavy atom. The maximum absolute atomic E-state index is 12.3. The van der Waals surface area contributed by atoms with Gasteiger partial charge in [0, 0.05) is 37.8 Å². The van der Waals surface area contributed by atoms with Gasteiger partial charge in [-0.15, -0.1) is 0 Å². The highest BCUT2D eigenvalue weighted by Crippen LogP contribution is 2.27. The van der Waals surface area contributed by atoms with E-state index in [1.165, 1.54) is 0 Å². The number of carboxylic acids is 1. The lowest BCUT2D eigenvalue weighted by Gasteiger charge is -2.23. The van der Waals surface area contributed by atoms with Crippen molar-refractivity contribution >= 4 is 23.3 Å². The number of para-hydroxylation sites is 1. The second-order valence-electron chi connectivity index (χ2n) is 8.57. The van der Waals surface area contributed by atoms with E-state index >= 15 is 0 Å². The molecule has 33 heavy (non-hydrogen) atoms. The summed E-state index contributed by atoms with van der Waals surface area (Å²) in [7, 11) is 2.00. The first-order chi connectivity index (χ1) is 16.0. The fourth-order valence-electron chi connectivity index (χ4n) is 4.22. The van der Waals surface area contributed by atoms with E-state index in [-0.39, 0.29) is 18.4 Å². The highest BCUT2D eigenvalue weighted by Gasteiger charge is 2.28. The fraction of sp³-hybridized carbons (Fsp3) is 0.407. The van der Waals surface area contributed by atoms with Crippen molar-refractivity contribution in [3.8, 4) is 0 Å². The van der Waals surface area contributed by atoms with Crippen LogP contribution in [0.1, 0.15) is 56.6 Å². The molecule has 1 fully saturated rings. The normalized spacial score (nSPS) is 17.0. The van der Waals surface area contributed by atoms with Crippen LogP contribution in [0, 0.1) is 0 Å². The van der Waals surface area contributed by atoms with Crippen molar-refractivity contribution in [2.24, 2.45) is 0 Å². The highest BCUT2D eigenvalue weighted by molar-refractivity contribution is 5.79. The Balaban J connectivity index is 1.56. The number of nitrogens with zero attached hydrogens (tertiary/aromatic N) is 2. The number of anilines is 2.